The molecule has 0 radical (unpaired) electrons. The molecule has 0 aliphatic rings. The number of carbonyl (C=O) groups is 2. The van der Waals surface area contributed by atoms with Crippen LogP contribution < -0.4 is 10.9 Å². The minimum absolute atomic E-state index is 0.0437. The van der Waals surface area contributed by atoms with Gasteiger partial charge in [0.05, 0.1) is 12.5 Å². The molecule has 7 nitrogen and oxygen atoms in total. The van der Waals surface area contributed by atoms with Gasteiger partial charge in [-0.05, 0) is 11.6 Å². The molecule has 1 unspecified atom stereocenters. The van der Waals surface area contributed by atoms with Gasteiger partial charge in [0.15, 0.2) is 5.69 Å². The van der Waals surface area contributed by atoms with Gasteiger partial charge < -0.3 is 10.1 Å². The van der Waals surface area contributed by atoms with Crippen LogP contribution in [0, 0.1) is 0 Å². The van der Waals surface area contributed by atoms with Crippen LogP contribution in [0.2, 0.25) is 0 Å². The number of methoxy groups -OCH3 is 1. The van der Waals surface area contributed by atoms with E-state index in [9.17, 15) is 14.4 Å². The van der Waals surface area contributed by atoms with Crippen LogP contribution in [0.3, 0.4) is 0 Å². The Morgan fingerprint density at radius 3 is 2.42 bits per heavy atom. The molecule has 3 aromatic rings. The Kier molecular flexibility index (Phi) is 5.07. The molecule has 26 heavy (non-hydrogen) atoms. The number of amides is 1. The Balaban J connectivity index is 1.90. The molecular formula is C19H17N3O4. The Morgan fingerprint density at radius 1 is 1.08 bits per heavy atom. The van der Waals surface area contributed by atoms with E-state index in [1.807, 2.05) is 30.3 Å². The highest BCUT2D eigenvalue weighted by atomic mass is 16.5. The summed E-state index contributed by atoms with van der Waals surface area (Å²) in [6.07, 6.45) is 0.278. The van der Waals surface area contributed by atoms with Crippen LogP contribution in [0.5, 0.6) is 0 Å². The Morgan fingerprint density at radius 2 is 1.73 bits per heavy atom. The second-order valence-electron chi connectivity index (χ2n) is 5.69. The van der Waals surface area contributed by atoms with Gasteiger partial charge in [-0.3, -0.25) is 9.59 Å². The minimum atomic E-state index is -0.873. The van der Waals surface area contributed by atoms with Crippen LogP contribution in [0.4, 0.5) is 0 Å². The van der Waals surface area contributed by atoms with Crippen molar-refractivity contribution in [3.8, 4) is 0 Å². The molecule has 1 heterocycles. The van der Waals surface area contributed by atoms with Crippen molar-refractivity contribution in [1.29, 1.82) is 0 Å². The van der Waals surface area contributed by atoms with E-state index in [1.165, 1.54) is 7.11 Å². The first kappa shape index (κ1) is 17.3. The Bertz CT molecular complexity index is 998. The number of ether oxygens (including phenoxy) is 1. The van der Waals surface area contributed by atoms with Crippen molar-refractivity contribution in [2.24, 2.45) is 0 Å². The van der Waals surface area contributed by atoms with E-state index in [1.54, 1.807) is 24.3 Å². The monoisotopic (exact) mass is 351 g/mol. The van der Waals surface area contributed by atoms with Gasteiger partial charge in [0.1, 0.15) is 6.04 Å². The van der Waals surface area contributed by atoms with Crippen molar-refractivity contribution < 1.29 is 14.3 Å². The second kappa shape index (κ2) is 7.60. The van der Waals surface area contributed by atoms with Crippen molar-refractivity contribution in [2.75, 3.05) is 7.11 Å². The molecule has 0 fully saturated rings. The number of hydrogen-bond acceptors (Lipinski definition) is 5. The molecule has 0 aliphatic carbocycles. The lowest BCUT2D eigenvalue weighted by Crippen LogP contribution is -2.43. The molecule has 2 aromatic carbocycles. The number of rotatable bonds is 5. The molecule has 1 atom stereocenters. The first-order valence-electron chi connectivity index (χ1n) is 8.00. The maximum atomic E-state index is 12.7. The van der Waals surface area contributed by atoms with Crippen molar-refractivity contribution in [1.82, 2.24) is 15.5 Å². The highest BCUT2D eigenvalue weighted by molar-refractivity contribution is 6.05. The zero-order valence-corrected chi connectivity index (χ0v) is 14.1. The van der Waals surface area contributed by atoms with Crippen molar-refractivity contribution >= 4 is 22.6 Å². The van der Waals surface area contributed by atoms with Gasteiger partial charge in [-0.1, -0.05) is 48.5 Å². The van der Waals surface area contributed by atoms with Gasteiger partial charge in [0, 0.05) is 11.8 Å². The SMILES string of the molecule is COC(=O)C(Cc1ccccc1)NC(=O)c1n[nH]c(=O)c2ccccc12. The first-order valence-corrected chi connectivity index (χ1v) is 8.00. The zero-order chi connectivity index (χ0) is 18.5. The van der Waals surface area contributed by atoms with Crippen LogP contribution in [-0.4, -0.2) is 35.2 Å². The summed E-state index contributed by atoms with van der Waals surface area (Å²) in [5.74, 6) is -1.13. The summed E-state index contributed by atoms with van der Waals surface area (Å²) < 4.78 is 4.80. The summed E-state index contributed by atoms with van der Waals surface area (Å²) in [6.45, 7) is 0. The molecule has 0 saturated heterocycles. The standard InChI is InChI=1S/C19H17N3O4/c1-26-19(25)15(11-12-7-3-2-4-8-12)20-18(24)16-13-9-5-6-10-14(13)17(23)22-21-16/h2-10,15H,11H2,1H3,(H,20,24)(H,22,23). The summed E-state index contributed by atoms with van der Waals surface area (Å²) in [5.41, 5.74) is 0.538. The molecule has 1 amide bonds. The second-order valence-corrected chi connectivity index (χ2v) is 5.69. The fourth-order valence-corrected chi connectivity index (χ4v) is 2.70. The van der Waals surface area contributed by atoms with Crippen LogP contribution >= 0.6 is 0 Å². The molecule has 3 rings (SSSR count). The number of esters is 1. The minimum Gasteiger partial charge on any atom is -0.467 e. The fraction of sp³-hybridized carbons (Fsp3) is 0.158. The van der Waals surface area contributed by atoms with E-state index in [0.717, 1.165) is 5.56 Å². The van der Waals surface area contributed by atoms with Crippen LogP contribution in [-0.2, 0) is 16.0 Å². The highest BCUT2D eigenvalue weighted by Gasteiger charge is 2.24. The molecular weight excluding hydrogens is 334 g/mol. The van der Waals surface area contributed by atoms with E-state index in [4.69, 9.17) is 4.74 Å². The number of H-pyrrole nitrogens is 1. The number of fused-ring (bicyclic) bond motifs is 1. The molecule has 2 N–H and O–H groups in total. The van der Waals surface area contributed by atoms with Gasteiger partial charge >= 0.3 is 5.97 Å². The van der Waals surface area contributed by atoms with Gasteiger partial charge in [0.2, 0.25) is 0 Å². The fourth-order valence-electron chi connectivity index (χ4n) is 2.70. The van der Waals surface area contributed by atoms with Crippen molar-refractivity contribution in [3.63, 3.8) is 0 Å². The zero-order valence-electron chi connectivity index (χ0n) is 14.1. The third kappa shape index (κ3) is 3.61. The van der Waals surface area contributed by atoms with E-state index < -0.39 is 17.9 Å². The summed E-state index contributed by atoms with van der Waals surface area (Å²) in [6, 6.07) is 15.1. The Hall–Kier alpha value is -3.48. The number of benzene rings is 2. The predicted molar refractivity (Wildman–Crippen MR) is 95.8 cm³/mol. The van der Waals surface area contributed by atoms with Crippen molar-refractivity contribution in [2.45, 2.75) is 12.5 Å². The molecule has 0 aliphatic heterocycles. The molecule has 1 aromatic heterocycles. The number of nitrogens with zero attached hydrogens (tertiary/aromatic N) is 1. The third-order valence-corrected chi connectivity index (χ3v) is 3.98. The van der Waals surface area contributed by atoms with Crippen molar-refractivity contribution in [3.05, 3.63) is 76.2 Å². The predicted octanol–water partition coefficient (Wildman–Crippen LogP) is 1.44. The third-order valence-electron chi connectivity index (χ3n) is 3.98. The maximum absolute atomic E-state index is 12.7. The lowest BCUT2D eigenvalue weighted by Gasteiger charge is -2.16. The lowest BCUT2D eigenvalue weighted by atomic mass is 10.1. The van der Waals surface area contributed by atoms with Crippen LogP contribution in [0.1, 0.15) is 16.1 Å². The molecule has 0 bridgehead atoms. The van der Waals surface area contributed by atoms with Crippen LogP contribution in [0.15, 0.2) is 59.4 Å². The number of hydrogen-bond donors (Lipinski definition) is 2. The number of aromatic amines is 1. The van der Waals surface area contributed by atoms with Crippen LogP contribution in [0.25, 0.3) is 10.8 Å². The quantitative estimate of drug-likeness (QED) is 0.677. The maximum Gasteiger partial charge on any atom is 0.328 e. The van der Waals surface area contributed by atoms with E-state index in [-0.39, 0.29) is 17.7 Å². The van der Waals surface area contributed by atoms with Gasteiger partial charge in [-0.2, -0.15) is 5.10 Å². The largest absolute Gasteiger partial charge is 0.467 e. The van der Waals surface area contributed by atoms with E-state index >= 15 is 0 Å². The number of carbonyl (C=O) groups excluding carboxylic acids is 2. The first-order chi connectivity index (χ1) is 12.6. The molecule has 0 saturated carbocycles. The topological polar surface area (TPSA) is 101 Å². The van der Waals surface area contributed by atoms with Gasteiger partial charge in [0.25, 0.3) is 11.5 Å². The highest BCUT2D eigenvalue weighted by Crippen LogP contribution is 2.13. The Labute approximate surface area is 149 Å². The average Bonchev–Trinajstić information content (AvgIpc) is 2.68. The molecule has 132 valence electrons. The smallest absolute Gasteiger partial charge is 0.328 e. The van der Waals surface area contributed by atoms with E-state index in [0.29, 0.717) is 10.8 Å². The number of nitrogens with one attached hydrogen (secondary N) is 2. The lowest BCUT2D eigenvalue weighted by molar-refractivity contribution is -0.142. The summed E-state index contributed by atoms with van der Waals surface area (Å²) in [4.78, 5) is 36.6. The van der Waals surface area contributed by atoms with Gasteiger partial charge in [-0.25, -0.2) is 9.89 Å². The summed E-state index contributed by atoms with van der Waals surface area (Å²) in [7, 11) is 1.26. The molecule has 0 spiro atoms. The summed E-state index contributed by atoms with van der Waals surface area (Å²) in [5, 5.41) is 9.57. The summed E-state index contributed by atoms with van der Waals surface area (Å²) >= 11 is 0. The van der Waals surface area contributed by atoms with E-state index in [2.05, 4.69) is 15.5 Å². The normalized spacial score (nSPS) is 11.7. The molecule has 7 heteroatoms. The number of aromatic nitrogens is 2. The average molecular weight is 351 g/mol. The van der Waals surface area contributed by atoms with Gasteiger partial charge in [-0.15, -0.1) is 0 Å².